The summed E-state index contributed by atoms with van der Waals surface area (Å²) in [6.07, 6.45) is 0.391. The van der Waals surface area contributed by atoms with Crippen molar-refractivity contribution in [3.63, 3.8) is 0 Å². The maximum atomic E-state index is 12.9. The van der Waals surface area contributed by atoms with Crippen LogP contribution < -0.4 is 14.8 Å². The van der Waals surface area contributed by atoms with E-state index >= 15 is 0 Å². The lowest BCUT2D eigenvalue weighted by Gasteiger charge is -2.39. The number of esters is 1. The molecule has 0 aliphatic carbocycles. The van der Waals surface area contributed by atoms with Gasteiger partial charge < -0.3 is 23.2 Å². The van der Waals surface area contributed by atoms with E-state index in [1.807, 2.05) is 0 Å². The van der Waals surface area contributed by atoms with Gasteiger partial charge in [0.25, 0.3) is 0 Å². The number of rotatable bonds is 13. The monoisotopic (exact) mass is 766 g/mol. The zero-order valence-electron chi connectivity index (χ0n) is 31.6. The average molecular weight is 767 g/mol. The fraction of sp³-hybridized carbons (Fsp3) is 0.618. The molecule has 3 heterocycles. The van der Waals surface area contributed by atoms with Crippen LogP contribution in [-0.2, 0) is 34.4 Å². The minimum atomic E-state index is -3.57. The quantitative estimate of drug-likeness (QED) is 0.0790. The number of hydrogen-bond acceptors (Lipinski definition) is 11. The Morgan fingerprint density at radius 2 is 1.76 bits per heavy atom. The van der Waals surface area contributed by atoms with Crippen molar-refractivity contribution in [1.82, 2.24) is 24.2 Å². The Kier molecular flexibility index (Phi) is 12.5. The van der Waals surface area contributed by atoms with E-state index in [1.165, 1.54) is 4.67 Å². The van der Waals surface area contributed by atoms with Crippen molar-refractivity contribution in [3.05, 3.63) is 36.2 Å². The second-order valence-corrected chi connectivity index (χ2v) is 23.8. The largest absolute Gasteiger partial charge is 0.471 e. The Morgan fingerprint density at radius 1 is 1.12 bits per heavy atom. The first kappa shape index (κ1) is 40.9. The summed E-state index contributed by atoms with van der Waals surface area (Å²) in [7, 11) is 0.893. The number of hydrogen-bond donors (Lipinski definition) is 1. The van der Waals surface area contributed by atoms with Crippen LogP contribution in [0.25, 0.3) is 11.2 Å². The molecule has 1 unspecified atom stereocenters. The van der Waals surface area contributed by atoms with E-state index in [0.717, 1.165) is 5.56 Å². The lowest BCUT2D eigenvalue weighted by Crippen LogP contribution is -2.46. The molecule has 0 bridgehead atoms. The molecule has 1 N–H and O–H groups in total. The molecule has 1 aromatic carbocycles. The van der Waals surface area contributed by atoms with Gasteiger partial charge in [0.1, 0.15) is 24.7 Å². The summed E-state index contributed by atoms with van der Waals surface area (Å²) in [6.45, 7) is 16.2. The van der Waals surface area contributed by atoms with Crippen LogP contribution in [0.5, 0.6) is 11.6 Å². The van der Waals surface area contributed by atoms with Crippen LogP contribution >= 0.6 is 18.1 Å². The predicted octanol–water partition coefficient (Wildman–Crippen LogP) is 7.55. The van der Waals surface area contributed by atoms with Gasteiger partial charge in [-0.05, 0) is 81.9 Å². The second-order valence-electron chi connectivity index (χ2n) is 15.8. The van der Waals surface area contributed by atoms with Crippen LogP contribution in [0.3, 0.4) is 0 Å². The summed E-state index contributed by atoms with van der Waals surface area (Å²) in [5.41, 5.74) is 0.879. The van der Waals surface area contributed by atoms with E-state index in [2.05, 4.69) is 54.1 Å². The minimum Gasteiger partial charge on any atom is -0.471 e. The SMILES string of the molecule is CC(C)C(=O)Nc1nc(OCc2ccc(OC(=O)C(C)(C)C)cc2)c2ncn([C@H]3C[C@H](O[Si](C)(C)C(C)(C)C)[C@@H](COP(=O)(Cl)N(C)C)O3)c2n1. The molecular formula is C34H52ClN6O8PSi. The van der Waals surface area contributed by atoms with Gasteiger partial charge in [-0.25, -0.2) is 9.65 Å². The summed E-state index contributed by atoms with van der Waals surface area (Å²) in [5, 5.41) is 2.69. The van der Waals surface area contributed by atoms with Gasteiger partial charge in [-0.15, -0.1) is 0 Å². The Labute approximate surface area is 306 Å². The molecule has 51 heavy (non-hydrogen) atoms. The number of ether oxygens (including phenoxy) is 3. The smallest absolute Gasteiger partial charge is 0.362 e. The predicted molar refractivity (Wildman–Crippen MR) is 198 cm³/mol. The number of carbonyl (C=O) groups excluding carboxylic acids is 2. The van der Waals surface area contributed by atoms with Gasteiger partial charge in [0.15, 0.2) is 19.5 Å². The van der Waals surface area contributed by atoms with Crippen molar-refractivity contribution in [2.24, 2.45) is 11.3 Å². The third-order valence-electron chi connectivity index (χ3n) is 8.89. The van der Waals surface area contributed by atoms with Gasteiger partial charge in [-0.1, -0.05) is 46.8 Å². The van der Waals surface area contributed by atoms with Crippen molar-refractivity contribution in [2.75, 3.05) is 26.0 Å². The third kappa shape index (κ3) is 10.2. The Morgan fingerprint density at radius 3 is 2.33 bits per heavy atom. The number of carbonyl (C=O) groups is 2. The van der Waals surface area contributed by atoms with Gasteiger partial charge in [-0.3, -0.25) is 24.0 Å². The fourth-order valence-corrected chi connectivity index (χ4v) is 6.65. The standard InChI is InChI=1S/C34H52ClN6O8PSi/c1-21(2)29(42)38-32-37-28-27(30(39-32)45-18-22-13-15-23(16-14-22)47-31(43)33(3,4)5)36-20-41(28)26-17-24(49-51(11,12)34(6,7)8)25(48-26)19-46-50(35,44)40(9)10/h13-16,20-21,24-26H,17-19H2,1-12H3,(H,37,38,39,42)/t24-,25+,26+,50?/m0/s1. The molecule has 1 aliphatic heterocycles. The van der Waals surface area contributed by atoms with Crippen LogP contribution in [-0.4, -0.2) is 77.3 Å². The molecule has 4 rings (SSSR count). The summed E-state index contributed by atoms with van der Waals surface area (Å²) in [5.74, 6) is -0.304. The highest BCUT2D eigenvalue weighted by Crippen LogP contribution is 2.54. The van der Waals surface area contributed by atoms with Crippen molar-refractivity contribution in [1.29, 1.82) is 0 Å². The number of anilines is 1. The number of benzene rings is 1. The third-order valence-corrected chi connectivity index (χ3v) is 16.0. The summed E-state index contributed by atoms with van der Waals surface area (Å²) in [4.78, 5) is 38.8. The van der Waals surface area contributed by atoms with Crippen LogP contribution in [0.15, 0.2) is 30.6 Å². The van der Waals surface area contributed by atoms with Crippen LogP contribution in [0.4, 0.5) is 5.95 Å². The first-order valence-electron chi connectivity index (χ1n) is 16.9. The van der Waals surface area contributed by atoms with Crippen molar-refractivity contribution < 1.29 is 37.3 Å². The average Bonchev–Trinajstić information content (AvgIpc) is 3.62. The second kappa shape index (κ2) is 15.6. The van der Waals surface area contributed by atoms with Gasteiger partial charge in [-0.2, -0.15) is 9.97 Å². The van der Waals surface area contributed by atoms with Crippen LogP contribution in [0.2, 0.25) is 18.1 Å². The molecule has 1 saturated heterocycles. The molecule has 2 aromatic heterocycles. The molecule has 4 atom stereocenters. The first-order chi connectivity index (χ1) is 23.5. The first-order valence-corrected chi connectivity index (χ1v) is 22.3. The van der Waals surface area contributed by atoms with E-state index in [4.69, 9.17) is 34.4 Å². The molecule has 17 heteroatoms. The van der Waals surface area contributed by atoms with Crippen LogP contribution in [0, 0.1) is 11.3 Å². The Balaban J connectivity index is 1.65. The van der Waals surface area contributed by atoms with E-state index in [9.17, 15) is 14.2 Å². The summed E-state index contributed by atoms with van der Waals surface area (Å²) < 4.78 is 46.6. The van der Waals surface area contributed by atoms with Gasteiger partial charge in [0.05, 0.1) is 24.5 Å². The van der Waals surface area contributed by atoms with E-state index in [-0.39, 0.29) is 47.9 Å². The van der Waals surface area contributed by atoms with Gasteiger partial charge in [0.2, 0.25) is 17.7 Å². The van der Waals surface area contributed by atoms with Crippen molar-refractivity contribution in [3.8, 4) is 11.6 Å². The molecule has 282 valence electrons. The maximum Gasteiger partial charge on any atom is 0.362 e. The molecular weight excluding hydrogens is 715 g/mol. The highest BCUT2D eigenvalue weighted by molar-refractivity contribution is 7.83. The zero-order chi connectivity index (χ0) is 38.1. The lowest BCUT2D eigenvalue weighted by atomic mass is 9.97. The highest BCUT2D eigenvalue weighted by atomic mass is 35.7. The number of halogens is 1. The van der Waals surface area contributed by atoms with Crippen molar-refractivity contribution >= 4 is 55.4 Å². The van der Waals surface area contributed by atoms with E-state index in [1.54, 1.807) is 83.9 Å². The number of fused-ring (bicyclic) bond motifs is 1. The molecule has 0 saturated carbocycles. The molecule has 14 nitrogen and oxygen atoms in total. The molecule has 3 aromatic rings. The molecule has 0 radical (unpaired) electrons. The molecule has 1 aliphatic rings. The minimum absolute atomic E-state index is 0.0448. The zero-order valence-corrected chi connectivity index (χ0v) is 34.3. The normalized spacial score (nSPS) is 19.8. The molecule has 1 fully saturated rings. The van der Waals surface area contributed by atoms with E-state index < -0.39 is 39.0 Å². The van der Waals surface area contributed by atoms with Gasteiger partial charge >= 0.3 is 12.8 Å². The maximum absolute atomic E-state index is 12.9. The number of nitrogens with one attached hydrogen (secondary N) is 1. The van der Waals surface area contributed by atoms with Crippen molar-refractivity contribution in [2.45, 2.75) is 105 Å². The summed E-state index contributed by atoms with van der Waals surface area (Å²) >= 11 is 6.20. The Hall–Kier alpha value is -2.91. The fourth-order valence-electron chi connectivity index (χ4n) is 4.56. The number of imidazole rings is 1. The summed E-state index contributed by atoms with van der Waals surface area (Å²) in [6, 6.07) is 6.97. The molecule has 0 spiro atoms. The molecule has 1 amide bonds. The highest BCUT2D eigenvalue weighted by Gasteiger charge is 2.46. The number of amides is 1. The number of nitrogens with zero attached hydrogens (tertiary/aromatic N) is 5. The van der Waals surface area contributed by atoms with Crippen LogP contribution in [0.1, 0.15) is 73.6 Å². The Bertz CT molecular complexity index is 1760. The van der Waals surface area contributed by atoms with E-state index in [0.29, 0.717) is 23.3 Å². The van der Waals surface area contributed by atoms with Gasteiger partial charge in [0, 0.05) is 12.3 Å². The number of aromatic nitrogens is 4. The topological polar surface area (TPSA) is 156 Å². The lowest BCUT2D eigenvalue weighted by molar-refractivity contribution is -0.143.